The molecule has 0 saturated carbocycles. The van der Waals surface area contributed by atoms with E-state index in [-0.39, 0.29) is 5.78 Å². The molecule has 1 saturated heterocycles. The van der Waals surface area contributed by atoms with Gasteiger partial charge in [0.15, 0.2) is 5.78 Å². The van der Waals surface area contributed by atoms with E-state index in [0.717, 1.165) is 45.0 Å². The minimum atomic E-state index is -1.01. The molecule has 1 spiro atoms. The van der Waals surface area contributed by atoms with Crippen molar-refractivity contribution in [3.8, 4) is 5.75 Å². The average molecular weight is 405 g/mol. The van der Waals surface area contributed by atoms with Crippen LogP contribution in [0.2, 0.25) is 0 Å². The van der Waals surface area contributed by atoms with Gasteiger partial charge in [-0.1, -0.05) is 35.9 Å². The Balaban J connectivity index is 1.37. The first-order chi connectivity index (χ1) is 14.4. The lowest BCUT2D eigenvalue weighted by Crippen LogP contribution is -2.51. The molecule has 1 N–H and O–H groups in total. The molecule has 0 atom stereocenters. The standard InChI is InChI=1S/C25H27NO4/c1-18-2-4-19(5-3-18)10-13-26-14-11-25(12-15-26)17-22(27)21-16-20(7-9-24(28)29)6-8-23(21)30-25/h2-9,16H,10-15,17H2,1H3,(H,28,29)/b9-7+. The Morgan fingerprint density at radius 1 is 1.17 bits per heavy atom. The molecule has 2 aromatic carbocycles. The fraction of sp³-hybridized carbons (Fsp3) is 0.360. The molecular formula is C25H27NO4. The number of carbonyl (C=O) groups is 2. The number of nitrogens with zero attached hydrogens (tertiary/aromatic N) is 1. The van der Waals surface area contributed by atoms with Crippen molar-refractivity contribution in [2.45, 2.75) is 38.2 Å². The van der Waals surface area contributed by atoms with Crippen LogP contribution in [-0.4, -0.2) is 47.0 Å². The number of rotatable bonds is 5. The van der Waals surface area contributed by atoms with Crippen LogP contribution in [0.4, 0.5) is 0 Å². The van der Waals surface area contributed by atoms with Crippen molar-refractivity contribution in [2.75, 3.05) is 19.6 Å². The number of carbonyl (C=O) groups excluding carboxylic acids is 1. The number of benzene rings is 2. The molecule has 1 fully saturated rings. The fourth-order valence-electron chi connectivity index (χ4n) is 4.29. The molecule has 5 heteroatoms. The van der Waals surface area contributed by atoms with Gasteiger partial charge in [0, 0.05) is 38.6 Å². The summed E-state index contributed by atoms with van der Waals surface area (Å²) in [6.45, 7) is 4.97. The molecule has 0 unspecified atom stereocenters. The fourth-order valence-corrected chi connectivity index (χ4v) is 4.29. The van der Waals surface area contributed by atoms with Crippen molar-refractivity contribution in [1.29, 1.82) is 0 Å². The van der Waals surface area contributed by atoms with E-state index in [2.05, 4.69) is 36.1 Å². The minimum Gasteiger partial charge on any atom is -0.486 e. The summed E-state index contributed by atoms with van der Waals surface area (Å²) in [4.78, 5) is 26.0. The highest BCUT2D eigenvalue weighted by atomic mass is 16.5. The summed E-state index contributed by atoms with van der Waals surface area (Å²) in [6.07, 6.45) is 5.66. The van der Waals surface area contributed by atoms with Crippen molar-refractivity contribution in [2.24, 2.45) is 0 Å². The van der Waals surface area contributed by atoms with Crippen molar-refractivity contribution in [3.63, 3.8) is 0 Å². The Kier molecular flexibility index (Phi) is 5.73. The zero-order valence-corrected chi connectivity index (χ0v) is 17.3. The minimum absolute atomic E-state index is 0.0786. The number of likely N-dealkylation sites (tertiary alicyclic amines) is 1. The van der Waals surface area contributed by atoms with Crippen molar-refractivity contribution in [1.82, 2.24) is 4.90 Å². The average Bonchev–Trinajstić information content (AvgIpc) is 2.73. The molecule has 2 aromatic rings. The number of aryl methyl sites for hydroxylation is 1. The number of piperidine rings is 1. The van der Waals surface area contributed by atoms with Crippen LogP contribution >= 0.6 is 0 Å². The summed E-state index contributed by atoms with van der Waals surface area (Å²) in [5.41, 5.74) is 3.46. The number of fused-ring (bicyclic) bond motifs is 1. The van der Waals surface area contributed by atoms with Gasteiger partial charge in [-0.05, 0) is 42.7 Å². The number of ether oxygens (including phenoxy) is 1. The summed E-state index contributed by atoms with van der Waals surface area (Å²) in [5, 5.41) is 8.78. The van der Waals surface area contributed by atoms with Crippen LogP contribution in [0.1, 0.15) is 46.3 Å². The third-order valence-electron chi connectivity index (χ3n) is 6.14. The van der Waals surface area contributed by atoms with Gasteiger partial charge in [-0.25, -0.2) is 4.79 Å². The Morgan fingerprint density at radius 3 is 2.60 bits per heavy atom. The van der Waals surface area contributed by atoms with Gasteiger partial charge in [-0.3, -0.25) is 4.79 Å². The van der Waals surface area contributed by atoms with E-state index < -0.39 is 11.6 Å². The molecule has 2 aliphatic rings. The number of Topliss-reactive ketones (excluding diaryl/α,β-unsaturated/α-hetero) is 1. The maximum Gasteiger partial charge on any atom is 0.328 e. The van der Waals surface area contributed by atoms with Crippen LogP contribution in [0.15, 0.2) is 48.5 Å². The van der Waals surface area contributed by atoms with Crippen molar-refractivity contribution < 1.29 is 19.4 Å². The molecule has 0 aliphatic carbocycles. The first-order valence-electron chi connectivity index (χ1n) is 10.5. The van der Waals surface area contributed by atoms with E-state index >= 15 is 0 Å². The van der Waals surface area contributed by atoms with Crippen LogP contribution < -0.4 is 4.74 Å². The van der Waals surface area contributed by atoms with Gasteiger partial charge in [-0.2, -0.15) is 0 Å². The Labute approximate surface area is 177 Å². The van der Waals surface area contributed by atoms with Crippen molar-refractivity contribution >= 4 is 17.8 Å². The monoisotopic (exact) mass is 405 g/mol. The number of carboxylic acids is 1. The zero-order valence-electron chi connectivity index (χ0n) is 17.3. The highest BCUT2D eigenvalue weighted by molar-refractivity contribution is 6.01. The van der Waals surface area contributed by atoms with Crippen LogP contribution in [0, 0.1) is 6.92 Å². The molecule has 5 nitrogen and oxygen atoms in total. The number of aliphatic carboxylic acids is 1. The molecule has 30 heavy (non-hydrogen) atoms. The summed E-state index contributed by atoms with van der Waals surface area (Å²) in [6, 6.07) is 14.0. The van der Waals surface area contributed by atoms with Gasteiger partial charge in [0.25, 0.3) is 0 Å². The predicted molar refractivity (Wildman–Crippen MR) is 116 cm³/mol. The van der Waals surface area contributed by atoms with Crippen molar-refractivity contribution in [3.05, 3.63) is 70.8 Å². The molecule has 0 amide bonds. The first kappa shape index (κ1) is 20.4. The lowest BCUT2D eigenvalue weighted by Gasteiger charge is -2.44. The van der Waals surface area contributed by atoms with E-state index in [4.69, 9.17) is 9.84 Å². The lowest BCUT2D eigenvalue weighted by atomic mass is 9.82. The predicted octanol–water partition coefficient (Wildman–Crippen LogP) is 4.14. The van der Waals surface area contributed by atoms with E-state index in [0.29, 0.717) is 23.3 Å². The number of carboxylic acid groups (broad SMARTS) is 1. The smallest absolute Gasteiger partial charge is 0.328 e. The molecule has 0 aromatic heterocycles. The summed E-state index contributed by atoms with van der Waals surface area (Å²) < 4.78 is 6.35. The number of ketones is 1. The number of hydrogen-bond donors (Lipinski definition) is 1. The van der Waals surface area contributed by atoms with Crippen LogP contribution in [0.25, 0.3) is 6.08 Å². The largest absolute Gasteiger partial charge is 0.486 e. The van der Waals surface area contributed by atoms with Gasteiger partial charge in [0.05, 0.1) is 12.0 Å². The zero-order chi connectivity index (χ0) is 21.1. The van der Waals surface area contributed by atoms with Gasteiger partial charge in [0.1, 0.15) is 11.4 Å². The van der Waals surface area contributed by atoms with E-state index in [1.807, 2.05) is 0 Å². The van der Waals surface area contributed by atoms with Gasteiger partial charge in [0.2, 0.25) is 0 Å². The van der Waals surface area contributed by atoms with Gasteiger partial charge < -0.3 is 14.7 Å². The Hall–Kier alpha value is -2.92. The second-order valence-corrected chi connectivity index (χ2v) is 8.39. The second kappa shape index (κ2) is 8.44. The molecule has 156 valence electrons. The summed E-state index contributed by atoms with van der Waals surface area (Å²) in [5.74, 6) is -0.315. The molecule has 2 aliphatic heterocycles. The summed E-state index contributed by atoms with van der Waals surface area (Å²) >= 11 is 0. The topological polar surface area (TPSA) is 66.8 Å². The molecule has 4 rings (SSSR count). The maximum atomic E-state index is 12.8. The third kappa shape index (κ3) is 4.62. The SMILES string of the molecule is Cc1ccc(CCN2CCC3(CC2)CC(=O)c2cc(/C=C/C(=O)O)ccc2O3)cc1. The Bertz CT molecular complexity index is 969. The molecular weight excluding hydrogens is 378 g/mol. The molecule has 0 radical (unpaired) electrons. The Morgan fingerprint density at radius 2 is 1.90 bits per heavy atom. The van der Waals surface area contributed by atoms with Crippen LogP contribution in [-0.2, 0) is 11.2 Å². The maximum absolute atomic E-state index is 12.8. The quantitative estimate of drug-likeness (QED) is 0.758. The summed E-state index contributed by atoms with van der Waals surface area (Å²) in [7, 11) is 0. The normalized spacial score (nSPS) is 18.4. The second-order valence-electron chi connectivity index (χ2n) is 8.39. The molecule has 0 bridgehead atoms. The lowest BCUT2D eigenvalue weighted by molar-refractivity contribution is -0.131. The molecule has 2 heterocycles. The van der Waals surface area contributed by atoms with E-state index in [1.54, 1.807) is 18.2 Å². The highest BCUT2D eigenvalue weighted by Gasteiger charge is 2.42. The highest BCUT2D eigenvalue weighted by Crippen LogP contribution is 2.39. The van der Waals surface area contributed by atoms with Gasteiger partial charge in [-0.15, -0.1) is 0 Å². The van der Waals surface area contributed by atoms with Gasteiger partial charge >= 0.3 is 5.97 Å². The van der Waals surface area contributed by atoms with Crippen LogP contribution in [0.5, 0.6) is 5.75 Å². The first-order valence-corrected chi connectivity index (χ1v) is 10.5. The van der Waals surface area contributed by atoms with E-state index in [9.17, 15) is 9.59 Å². The third-order valence-corrected chi connectivity index (χ3v) is 6.14. The van der Waals surface area contributed by atoms with E-state index in [1.165, 1.54) is 17.2 Å². The number of hydrogen-bond acceptors (Lipinski definition) is 4. The van der Waals surface area contributed by atoms with Crippen LogP contribution in [0.3, 0.4) is 0 Å².